The van der Waals surface area contributed by atoms with Crippen LogP contribution in [0.15, 0.2) is 34.8 Å². The molecule has 9 heteroatoms. The molecular weight excluding hydrogens is 298 g/mol. The summed E-state index contributed by atoms with van der Waals surface area (Å²) in [5.74, 6) is 5.30. The number of thiophene rings is 1. The quantitative estimate of drug-likeness (QED) is 0.547. The molecule has 2 rings (SSSR count). The molecule has 108 valence electrons. The van der Waals surface area contributed by atoms with Gasteiger partial charge in [-0.15, -0.1) is 11.3 Å². The fraction of sp³-hybridized carbons (Fsp3) is 0.273. The van der Waals surface area contributed by atoms with E-state index in [0.29, 0.717) is 6.42 Å². The lowest BCUT2D eigenvalue weighted by molar-refractivity contribution is 0.552. The lowest BCUT2D eigenvalue weighted by atomic mass is 10.2. The van der Waals surface area contributed by atoms with E-state index < -0.39 is 10.0 Å². The molecule has 0 spiro atoms. The second-order valence-corrected chi connectivity index (χ2v) is 6.68. The lowest BCUT2D eigenvalue weighted by Crippen LogP contribution is -2.28. The van der Waals surface area contributed by atoms with E-state index in [9.17, 15) is 8.42 Å². The highest BCUT2D eigenvalue weighted by molar-refractivity contribution is 7.89. The van der Waals surface area contributed by atoms with Crippen LogP contribution in [-0.4, -0.2) is 18.4 Å². The number of hydrazine groups is 1. The summed E-state index contributed by atoms with van der Waals surface area (Å²) in [6.07, 6.45) is 3.08. The van der Waals surface area contributed by atoms with Gasteiger partial charge in [0.25, 0.3) is 0 Å². The molecule has 0 fully saturated rings. The van der Waals surface area contributed by atoms with Gasteiger partial charge in [0.2, 0.25) is 16.0 Å². The minimum Gasteiger partial charge on any atom is -0.292 e. The van der Waals surface area contributed by atoms with Gasteiger partial charge in [-0.05, 0) is 17.9 Å². The van der Waals surface area contributed by atoms with Crippen molar-refractivity contribution in [2.45, 2.75) is 24.3 Å². The lowest BCUT2D eigenvalue weighted by Gasteiger charge is -2.15. The van der Waals surface area contributed by atoms with Gasteiger partial charge in [0, 0.05) is 4.88 Å². The SMILES string of the molecule is CCC(NS(=O)(=O)c1cnc(NN)nc1)c1cccs1. The molecule has 0 amide bonds. The van der Waals surface area contributed by atoms with Crippen molar-refractivity contribution in [2.75, 3.05) is 5.43 Å². The van der Waals surface area contributed by atoms with Gasteiger partial charge in [0.05, 0.1) is 18.4 Å². The number of rotatable bonds is 6. The first-order valence-corrected chi connectivity index (χ1v) is 8.27. The smallest absolute Gasteiger partial charge is 0.244 e. The standard InChI is InChI=1S/C11H15N5O2S2/c1-2-9(10-4-3-5-19-10)16-20(17,18)8-6-13-11(15-12)14-7-8/h3-7,9,16H,2,12H2,1H3,(H,13,14,15). The normalized spacial score (nSPS) is 13.1. The number of nitrogen functional groups attached to an aromatic ring is 1. The molecule has 2 heterocycles. The summed E-state index contributed by atoms with van der Waals surface area (Å²) >= 11 is 1.51. The number of sulfonamides is 1. The van der Waals surface area contributed by atoms with E-state index in [2.05, 4.69) is 20.1 Å². The molecule has 4 N–H and O–H groups in total. The fourth-order valence-electron chi connectivity index (χ4n) is 1.62. The Kier molecular flexibility index (Phi) is 4.65. The minimum absolute atomic E-state index is 0.00602. The van der Waals surface area contributed by atoms with Gasteiger partial charge in [-0.1, -0.05) is 13.0 Å². The first-order valence-electron chi connectivity index (χ1n) is 5.91. The van der Waals surface area contributed by atoms with Crippen LogP contribution in [0.2, 0.25) is 0 Å². The van der Waals surface area contributed by atoms with Crippen LogP contribution in [0.5, 0.6) is 0 Å². The zero-order valence-electron chi connectivity index (χ0n) is 10.8. The van der Waals surface area contributed by atoms with Crippen LogP contribution >= 0.6 is 11.3 Å². The predicted octanol–water partition coefficient (Wildman–Crippen LogP) is 1.25. The van der Waals surface area contributed by atoms with E-state index in [1.807, 2.05) is 24.4 Å². The summed E-state index contributed by atoms with van der Waals surface area (Å²) < 4.78 is 27.2. The Balaban J connectivity index is 2.21. The van der Waals surface area contributed by atoms with E-state index in [1.54, 1.807) is 0 Å². The molecule has 0 saturated heterocycles. The van der Waals surface area contributed by atoms with Gasteiger partial charge >= 0.3 is 0 Å². The van der Waals surface area contributed by atoms with Crippen LogP contribution < -0.4 is 16.0 Å². The van der Waals surface area contributed by atoms with Gasteiger partial charge in [0.15, 0.2) is 0 Å². The molecular formula is C11H15N5O2S2. The van der Waals surface area contributed by atoms with Crippen LogP contribution in [0.1, 0.15) is 24.3 Å². The van der Waals surface area contributed by atoms with Gasteiger partial charge in [0.1, 0.15) is 4.90 Å². The molecule has 0 bridgehead atoms. The average Bonchev–Trinajstić information content (AvgIpc) is 2.99. The van der Waals surface area contributed by atoms with Gasteiger partial charge in [-0.25, -0.2) is 29.0 Å². The second kappa shape index (κ2) is 6.27. The summed E-state index contributed by atoms with van der Waals surface area (Å²) in [7, 11) is -3.66. The van der Waals surface area contributed by atoms with E-state index >= 15 is 0 Å². The molecule has 0 aliphatic carbocycles. The topological polar surface area (TPSA) is 110 Å². The number of nitrogens with two attached hydrogens (primary N) is 1. The molecule has 20 heavy (non-hydrogen) atoms. The maximum absolute atomic E-state index is 12.3. The largest absolute Gasteiger partial charge is 0.292 e. The molecule has 0 aliphatic heterocycles. The minimum atomic E-state index is -3.66. The Morgan fingerprint density at radius 2 is 2.10 bits per heavy atom. The molecule has 1 atom stereocenters. The van der Waals surface area contributed by atoms with E-state index in [4.69, 9.17) is 5.84 Å². The highest BCUT2D eigenvalue weighted by atomic mass is 32.2. The summed E-state index contributed by atoms with van der Waals surface area (Å²) in [4.78, 5) is 8.57. The zero-order chi connectivity index (χ0) is 14.6. The maximum Gasteiger partial charge on any atom is 0.244 e. The molecule has 1 unspecified atom stereocenters. The number of anilines is 1. The Morgan fingerprint density at radius 3 is 2.60 bits per heavy atom. The van der Waals surface area contributed by atoms with Crippen LogP contribution in [0.4, 0.5) is 5.95 Å². The van der Waals surface area contributed by atoms with Gasteiger partial charge in [-0.2, -0.15) is 0 Å². The van der Waals surface area contributed by atoms with E-state index in [0.717, 1.165) is 4.88 Å². The Labute approximate surface area is 121 Å². The number of nitrogens with zero attached hydrogens (tertiary/aromatic N) is 2. The highest BCUT2D eigenvalue weighted by Gasteiger charge is 2.21. The third-order valence-electron chi connectivity index (χ3n) is 2.66. The molecule has 2 aromatic rings. The summed E-state index contributed by atoms with van der Waals surface area (Å²) in [6.45, 7) is 1.92. The van der Waals surface area contributed by atoms with Crippen molar-refractivity contribution in [1.29, 1.82) is 0 Å². The first kappa shape index (κ1) is 14.9. The van der Waals surface area contributed by atoms with Crippen molar-refractivity contribution in [3.05, 3.63) is 34.8 Å². The number of hydrogen-bond donors (Lipinski definition) is 3. The van der Waals surface area contributed by atoms with E-state index in [1.165, 1.54) is 23.7 Å². The van der Waals surface area contributed by atoms with Crippen LogP contribution in [0.3, 0.4) is 0 Å². The molecule has 0 aliphatic rings. The predicted molar refractivity (Wildman–Crippen MR) is 77.5 cm³/mol. The highest BCUT2D eigenvalue weighted by Crippen LogP contribution is 2.23. The third-order valence-corrected chi connectivity index (χ3v) is 5.07. The Hall–Kier alpha value is -1.55. The Bertz CT molecular complexity index is 640. The number of aromatic nitrogens is 2. The van der Waals surface area contributed by atoms with Crippen molar-refractivity contribution in [1.82, 2.24) is 14.7 Å². The Morgan fingerprint density at radius 1 is 1.40 bits per heavy atom. The molecule has 2 aromatic heterocycles. The maximum atomic E-state index is 12.3. The van der Waals surface area contributed by atoms with E-state index in [-0.39, 0.29) is 16.9 Å². The zero-order valence-corrected chi connectivity index (χ0v) is 12.4. The average molecular weight is 313 g/mol. The van der Waals surface area contributed by atoms with Crippen molar-refractivity contribution in [2.24, 2.45) is 5.84 Å². The molecule has 0 radical (unpaired) electrons. The second-order valence-electron chi connectivity index (χ2n) is 3.98. The monoisotopic (exact) mass is 313 g/mol. The number of nitrogens with one attached hydrogen (secondary N) is 2. The molecule has 0 saturated carbocycles. The van der Waals surface area contributed by atoms with Crippen molar-refractivity contribution in [3.63, 3.8) is 0 Å². The first-order chi connectivity index (χ1) is 9.56. The summed E-state index contributed by atoms with van der Waals surface area (Å²) in [6, 6.07) is 3.54. The van der Waals surface area contributed by atoms with Crippen LogP contribution in [-0.2, 0) is 10.0 Å². The number of hydrogen-bond acceptors (Lipinski definition) is 7. The van der Waals surface area contributed by atoms with Gasteiger partial charge < -0.3 is 0 Å². The fourth-order valence-corrected chi connectivity index (χ4v) is 3.74. The van der Waals surface area contributed by atoms with Crippen LogP contribution in [0.25, 0.3) is 0 Å². The summed E-state index contributed by atoms with van der Waals surface area (Å²) in [5.41, 5.74) is 2.24. The molecule has 7 nitrogen and oxygen atoms in total. The summed E-state index contributed by atoms with van der Waals surface area (Å²) in [5, 5.41) is 1.91. The van der Waals surface area contributed by atoms with Crippen molar-refractivity contribution >= 4 is 27.3 Å². The van der Waals surface area contributed by atoms with Crippen LogP contribution in [0, 0.1) is 0 Å². The van der Waals surface area contributed by atoms with Crippen molar-refractivity contribution < 1.29 is 8.42 Å². The van der Waals surface area contributed by atoms with Crippen molar-refractivity contribution in [3.8, 4) is 0 Å². The third kappa shape index (κ3) is 3.31. The van der Waals surface area contributed by atoms with Gasteiger partial charge in [-0.3, -0.25) is 5.43 Å². The molecule has 0 aromatic carbocycles.